The summed E-state index contributed by atoms with van der Waals surface area (Å²) in [5, 5.41) is 13.0. The third-order valence-electron chi connectivity index (χ3n) is 2.98. The Bertz CT molecular complexity index is 784. The van der Waals surface area contributed by atoms with Crippen molar-refractivity contribution in [1.29, 1.82) is 0 Å². The van der Waals surface area contributed by atoms with Gasteiger partial charge in [0.15, 0.2) is 0 Å². The van der Waals surface area contributed by atoms with Crippen LogP contribution >= 0.6 is 34.5 Å². The summed E-state index contributed by atoms with van der Waals surface area (Å²) >= 11 is 13.1. The lowest BCUT2D eigenvalue weighted by Crippen LogP contribution is -2.09. The van der Waals surface area contributed by atoms with Crippen LogP contribution in [0.4, 0.5) is 5.00 Å². The molecule has 2 rings (SSSR count). The van der Waals surface area contributed by atoms with Crippen LogP contribution in [0, 0.1) is 0 Å². The Labute approximate surface area is 147 Å². The van der Waals surface area contributed by atoms with Crippen molar-refractivity contribution in [3.63, 3.8) is 0 Å². The minimum Gasteiger partial charge on any atom is -0.478 e. The molecule has 0 aliphatic carbocycles. The topological polar surface area (TPSA) is 66.4 Å². The van der Waals surface area contributed by atoms with Gasteiger partial charge in [0.25, 0.3) is 0 Å². The van der Waals surface area contributed by atoms with Crippen molar-refractivity contribution < 1.29 is 14.7 Å². The number of carbonyl (C=O) groups is 2. The van der Waals surface area contributed by atoms with Crippen LogP contribution in [0.2, 0.25) is 10.0 Å². The van der Waals surface area contributed by atoms with E-state index in [2.05, 4.69) is 5.32 Å². The number of hydrogen-bond acceptors (Lipinski definition) is 3. The van der Waals surface area contributed by atoms with Crippen molar-refractivity contribution in [3.05, 3.63) is 56.4 Å². The first kappa shape index (κ1) is 17.5. The summed E-state index contributed by atoms with van der Waals surface area (Å²) in [4.78, 5) is 24.1. The number of amides is 1. The molecule has 4 nitrogen and oxygen atoms in total. The fourth-order valence-electron chi connectivity index (χ4n) is 1.82. The van der Waals surface area contributed by atoms with Crippen LogP contribution in [0.25, 0.3) is 6.08 Å². The molecule has 1 aromatic carbocycles. The summed E-state index contributed by atoms with van der Waals surface area (Å²) in [5.41, 5.74) is 0.739. The number of aromatic carboxylic acids is 1. The largest absolute Gasteiger partial charge is 0.478 e. The Kier molecular flexibility index (Phi) is 5.82. The van der Waals surface area contributed by atoms with Crippen LogP contribution in [-0.4, -0.2) is 17.0 Å². The molecule has 0 spiro atoms. The molecule has 2 N–H and O–H groups in total. The number of carbonyl (C=O) groups excluding carboxylic acids is 1. The van der Waals surface area contributed by atoms with Crippen LogP contribution in [0.3, 0.4) is 0 Å². The second-order valence-corrected chi connectivity index (χ2v) is 6.58. The molecule has 2 aromatic rings. The first-order valence-corrected chi connectivity index (χ1v) is 8.28. The molecule has 23 heavy (non-hydrogen) atoms. The van der Waals surface area contributed by atoms with Crippen molar-refractivity contribution in [3.8, 4) is 0 Å². The van der Waals surface area contributed by atoms with E-state index in [1.54, 1.807) is 30.3 Å². The van der Waals surface area contributed by atoms with Crippen molar-refractivity contribution >= 4 is 57.5 Å². The number of aryl methyl sites for hydroxylation is 1. The number of carboxylic acid groups (broad SMARTS) is 1. The molecule has 1 amide bonds. The first-order valence-electron chi connectivity index (χ1n) is 6.70. The Morgan fingerprint density at radius 2 is 2.04 bits per heavy atom. The molecule has 7 heteroatoms. The third kappa shape index (κ3) is 4.58. The van der Waals surface area contributed by atoms with Gasteiger partial charge in [-0.25, -0.2) is 4.79 Å². The van der Waals surface area contributed by atoms with Crippen molar-refractivity contribution in [1.82, 2.24) is 0 Å². The molecule has 0 bridgehead atoms. The standard InChI is InChI=1S/C16H13Cl2NO3S/c1-2-11-8-12(16(21)22)15(23-11)19-14(20)6-4-9-3-5-10(17)7-13(9)18/h3-8H,2H2,1H3,(H,19,20)(H,21,22)/b6-4+. The molecule has 0 aliphatic heterocycles. The second kappa shape index (κ2) is 7.64. The van der Waals surface area contributed by atoms with Gasteiger partial charge < -0.3 is 10.4 Å². The Morgan fingerprint density at radius 3 is 2.65 bits per heavy atom. The average Bonchev–Trinajstić information content (AvgIpc) is 2.89. The number of nitrogens with one attached hydrogen (secondary N) is 1. The zero-order valence-electron chi connectivity index (χ0n) is 12.1. The van der Waals surface area contributed by atoms with Gasteiger partial charge in [0.05, 0.1) is 5.56 Å². The number of carboxylic acids is 1. The van der Waals surface area contributed by atoms with Gasteiger partial charge >= 0.3 is 5.97 Å². The van der Waals surface area contributed by atoms with Crippen molar-refractivity contribution in [2.24, 2.45) is 0 Å². The molecule has 1 heterocycles. The summed E-state index contributed by atoms with van der Waals surface area (Å²) in [6, 6.07) is 6.51. The Morgan fingerprint density at radius 1 is 1.30 bits per heavy atom. The van der Waals surface area contributed by atoms with Crippen LogP contribution in [-0.2, 0) is 11.2 Å². The highest BCUT2D eigenvalue weighted by molar-refractivity contribution is 7.16. The maximum Gasteiger partial charge on any atom is 0.338 e. The summed E-state index contributed by atoms with van der Waals surface area (Å²) in [7, 11) is 0. The van der Waals surface area contributed by atoms with Crippen LogP contribution in [0.15, 0.2) is 30.3 Å². The zero-order valence-corrected chi connectivity index (χ0v) is 14.4. The Hall–Kier alpha value is -1.82. The lowest BCUT2D eigenvalue weighted by molar-refractivity contribution is -0.111. The van der Waals surface area contributed by atoms with E-state index in [9.17, 15) is 9.59 Å². The monoisotopic (exact) mass is 369 g/mol. The lowest BCUT2D eigenvalue weighted by Gasteiger charge is -2.01. The molecule has 0 atom stereocenters. The van der Waals surface area contributed by atoms with Crippen molar-refractivity contribution in [2.75, 3.05) is 5.32 Å². The highest BCUT2D eigenvalue weighted by atomic mass is 35.5. The minimum absolute atomic E-state index is 0.0955. The van der Waals surface area contributed by atoms with E-state index < -0.39 is 11.9 Å². The van der Waals surface area contributed by atoms with Gasteiger partial charge in [-0.2, -0.15) is 0 Å². The smallest absolute Gasteiger partial charge is 0.338 e. The first-order chi connectivity index (χ1) is 10.9. The highest BCUT2D eigenvalue weighted by Crippen LogP contribution is 2.29. The van der Waals surface area contributed by atoms with E-state index in [1.807, 2.05) is 6.92 Å². The molecule has 1 aromatic heterocycles. The fourth-order valence-corrected chi connectivity index (χ4v) is 3.29. The summed E-state index contributed by atoms with van der Waals surface area (Å²) < 4.78 is 0. The van der Waals surface area contributed by atoms with E-state index >= 15 is 0 Å². The molecule has 0 saturated carbocycles. The normalized spacial score (nSPS) is 10.9. The Balaban J connectivity index is 2.14. The predicted molar refractivity (Wildman–Crippen MR) is 94.8 cm³/mol. The summed E-state index contributed by atoms with van der Waals surface area (Å²) in [5.74, 6) is -1.50. The maximum atomic E-state index is 12.0. The van der Waals surface area contributed by atoms with Crippen LogP contribution < -0.4 is 5.32 Å². The quantitative estimate of drug-likeness (QED) is 0.731. The number of hydrogen-bond donors (Lipinski definition) is 2. The molecule has 0 aliphatic rings. The lowest BCUT2D eigenvalue weighted by atomic mass is 10.2. The average molecular weight is 370 g/mol. The SMILES string of the molecule is CCc1cc(C(=O)O)c(NC(=O)/C=C/c2ccc(Cl)cc2Cl)s1. The summed E-state index contributed by atoms with van der Waals surface area (Å²) in [6.45, 7) is 1.92. The predicted octanol–water partition coefficient (Wildman–Crippen LogP) is 4.97. The van der Waals surface area contributed by atoms with E-state index in [-0.39, 0.29) is 5.56 Å². The molecule has 0 saturated heterocycles. The van der Waals surface area contributed by atoms with Gasteiger partial charge in [-0.15, -0.1) is 11.3 Å². The number of thiophene rings is 1. The van der Waals surface area contributed by atoms with Crippen molar-refractivity contribution in [2.45, 2.75) is 13.3 Å². The van der Waals surface area contributed by atoms with E-state index in [4.69, 9.17) is 28.3 Å². The van der Waals surface area contributed by atoms with E-state index in [1.165, 1.54) is 17.4 Å². The fraction of sp³-hybridized carbons (Fsp3) is 0.125. The molecule has 0 fully saturated rings. The number of anilines is 1. The maximum absolute atomic E-state index is 12.0. The summed E-state index contributed by atoms with van der Waals surface area (Å²) in [6.07, 6.45) is 3.55. The third-order valence-corrected chi connectivity index (χ3v) is 4.73. The molecule has 0 radical (unpaired) electrons. The highest BCUT2D eigenvalue weighted by Gasteiger charge is 2.15. The van der Waals surface area contributed by atoms with Gasteiger partial charge in [0, 0.05) is 21.0 Å². The van der Waals surface area contributed by atoms with Crippen LogP contribution in [0.5, 0.6) is 0 Å². The minimum atomic E-state index is -1.07. The van der Waals surface area contributed by atoms with Gasteiger partial charge in [0.2, 0.25) is 5.91 Å². The van der Waals surface area contributed by atoms with Gasteiger partial charge in [-0.1, -0.05) is 36.2 Å². The van der Waals surface area contributed by atoms with E-state index in [0.29, 0.717) is 27.0 Å². The van der Waals surface area contributed by atoms with Gasteiger partial charge in [0.1, 0.15) is 5.00 Å². The van der Waals surface area contributed by atoms with E-state index in [0.717, 1.165) is 4.88 Å². The molecule has 0 unspecified atom stereocenters. The molecular weight excluding hydrogens is 357 g/mol. The molecule has 120 valence electrons. The number of rotatable bonds is 5. The number of benzene rings is 1. The molecular formula is C16H13Cl2NO3S. The number of halogens is 2. The zero-order chi connectivity index (χ0) is 17.0. The van der Waals surface area contributed by atoms with Crippen LogP contribution in [0.1, 0.15) is 27.7 Å². The second-order valence-electron chi connectivity index (χ2n) is 4.60. The van der Waals surface area contributed by atoms with Gasteiger partial charge in [-0.05, 0) is 36.3 Å². The van der Waals surface area contributed by atoms with Gasteiger partial charge in [-0.3, -0.25) is 4.79 Å².